The molecule has 0 radical (unpaired) electrons. The first kappa shape index (κ1) is 30.9. The van der Waals surface area contributed by atoms with Crippen molar-refractivity contribution >= 4 is 12.4 Å². The number of nitriles is 1. The van der Waals surface area contributed by atoms with Crippen molar-refractivity contribution in [3.05, 3.63) is 96.1 Å². The van der Waals surface area contributed by atoms with Gasteiger partial charge in [0.05, 0.1) is 18.1 Å². The van der Waals surface area contributed by atoms with Gasteiger partial charge in [-0.3, -0.25) is 4.98 Å². The highest BCUT2D eigenvalue weighted by Crippen LogP contribution is 2.27. The van der Waals surface area contributed by atoms with Crippen molar-refractivity contribution in [2.45, 2.75) is 19.8 Å². The largest absolute Gasteiger partial charge is 0.435 e. The van der Waals surface area contributed by atoms with Crippen molar-refractivity contribution in [1.82, 2.24) is 9.97 Å². The lowest BCUT2D eigenvalue weighted by Gasteiger charge is -2.07. The Labute approximate surface area is 225 Å². The molecule has 2 N–H and O–H groups in total. The van der Waals surface area contributed by atoms with Crippen molar-refractivity contribution < 1.29 is 35.8 Å². The molecular weight excluding hydrogens is 550 g/mol. The van der Waals surface area contributed by atoms with E-state index in [0.717, 1.165) is 12.4 Å². The number of hydrogen-bond acceptors (Lipinski definition) is 6. The minimum absolute atomic E-state index is 0. The molecular formula is C26H19ClF6N4O2. The lowest BCUT2D eigenvalue weighted by atomic mass is 10.1. The third-order valence-corrected chi connectivity index (χ3v) is 4.87. The fraction of sp³-hybridized carbons (Fsp3) is 0.115. The number of ether oxygens (including phenoxy) is 2. The van der Waals surface area contributed by atoms with Crippen molar-refractivity contribution in [2.24, 2.45) is 5.73 Å². The molecule has 0 spiro atoms. The van der Waals surface area contributed by atoms with Crippen LogP contribution in [0, 0.1) is 23.0 Å². The molecule has 4 aromatic rings. The molecule has 0 fully saturated rings. The molecule has 0 bridgehead atoms. The molecule has 4 rings (SSSR count). The molecule has 13 heteroatoms. The van der Waals surface area contributed by atoms with E-state index < -0.39 is 24.9 Å². The maximum absolute atomic E-state index is 13.6. The van der Waals surface area contributed by atoms with Gasteiger partial charge in [-0.05, 0) is 47.5 Å². The highest BCUT2D eigenvalue weighted by Gasteiger charge is 2.10. The lowest BCUT2D eigenvalue weighted by Crippen LogP contribution is -2.02. The van der Waals surface area contributed by atoms with Gasteiger partial charge in [0.2, 0.25) is 0 Å². The van der Waals surface area contributed by atoms with Crippen LogP contribution in [0.5, 0.6) is 11.5 Å². The summed E-state index contributed by atoms with van der Waals surface area (Å²) in [6.07, 6.45) is 2.03. The summed E-state index contributed by atoms with van der Waals surface area (Å²) in [6, 6.07) is 15.8. The van der Waals surface area contributed by atoms with E-state index in [4.69, 9.17) is 11.0 Å². The second-order valence-electron chi connectivity index (χ2n) is 7.33. The van der Waals surface area contributed by atoms with E-state index in [9.17, 15) is 26.3 Å². The van der Waals surface area contributed by atoms with Crippen LogP contribution in [0.3, 0.4) is 0 Å². The Hall–Kier alpha value is -4.34. The van der Waals surface area contributed by atoms with Crippen molar-refractivity contribution in [3.8, 4) is 39.8 Å². The van der Waals surface area contributed by atoms with Gasteiger partial charge in [-0.2, -0.15) is 22.8 Å². The molecule has 6 nitrogen and oxygen atoms in total. The second kappa shape index (κ2) is 14.6. The Balaban J connectivity index is 0.000000267. The number of pyridine rings is 2. The first-order valence-corrected chi connectivity index (χ1v) is 10.7. The SMILES string of the molecule is Cl.N#Cc1cc(-c2ccc(OC(F)F)cc2)c(F)cn1.NCc1cc(-c2ccc(OC(F)F)cc2)c(F)cn1. The number of halogens is 7. The van der Waals surface area contributed by atoms with E-state index in [1.54, 1.807) is 6.07 Å². The zero-order chi connectivity index (χ0) is 27.7. The first-order chi connectivity index (χ1) is 18.2. The maximum atomic E-state index is 13.6. The number of alkyl halides is 4. The van der Waals surface area contributed by atoms with Crippen LogP contribution in [0.25, 0.3) is 22.3 Å². The molecule has 0 unspecified atom stereocenters. The highest BCUT2D eigenvalue weighted by atomic mass is 35.5. The molecule has 39 heavy (non-hydrogen) atoms. The summed E-state index contributed by atoms with van der Waals surface area (Å²) in [7, 11) is 0. The van der Waals surface area contributed by atoms with Gasteiger partial charge in [-0.1, -0.05) is 24.3 Å². The van der Waals surface area contributed by atoms with Crippen LogP contribution in [-0.2, 0) is 6.54 Å². The summed E-state index contributed by atoms with van der Waals surface area (Å²) in [5.41, 5.74) is 7.53. The van der Waals surface area contributed by atoms with Gasteiger partial charge in [0.1, 0.15) is 34.9 Å². The van der Waals surface area contributed by atoms with E-state index in [0.29, 0.717) is 22.4 Å². The van der Waals surface area contributed by atoms with Crippen molar-refractivity contribution in [2.75, 3.05) is 0 Å². The van der Waals surface area contributed by atoms with Gasteiger partial charge in [0.15, 0.2) is 0 Å². The van der Waals surface area contributed by atoms with E-state index in [1.165, 1.54) is 60.7 Å². The maximum Gasteiger partial charge on any atom is 0.387 e. The predicted molar refractivity (Wildman–Crippen MR) is 132 cm³/mol. The summed E-state index contributed by atoms with van der Waals surface area (Å²) >= 11 is 0. The summed E-state index contributed by atoms with van der Waals surface area (Å²) in [4.78, 5) is 7.40. The van der Waals surface area contributed by atoms with Crippen LogP contribution in [0.2, 0.25) is 0 Å². The summed E-state index contributed by atoms with van der Waals surface area (Å²) < 4.78 is 83.6. The summed E-state index contributed by atoms with van der Waals surface area (Å²) in [5, 5.41) is 8.70. The van der Waals surface area contributed by atoms with Gasteiger partial charge in [0, 0.05) is 17.7 Å². The zero-order valence-electron chi connectivity index (χ0n) is 19.7. The predicted octanol–water partition coefficient (Wildman–Crippen LogP) is 6.73. The monoisotopic (exact) mass is 568 g/mol. The Morgan fingerprint density at radius 1 is 0.744 bits per heavy atom. The van der Waals surface area contributed by atoms with Crippen molar-refractivity contribution in [1.29, 1.82) is 5.26 Å². The number of benzene rings is 2. The average molecular weight is 569 g/mol. The normalized spacial score (nSPS) is 10.3. The fourth-order valence-corrected chi connectivity index (χ4v) is 3.17. The zero-order valence-corrected chi connectivity index (χ0v) is 20.5. The van der Waals surface area contributed by atoms with Crippen LogP contribution < -0.4 is 15.2 Å². The molecule has 0 atom stereocenters. The Kier molecular flexibility index (Phi) is 11.5. The molecule has 2 aromatic heterocycles. The average Bonchev–Trinajstić information content (AvgIpc) is 2.90. The number of hydrogen-bond donors (Lipinski definition) is 1. The fourth-order valence-electron chi connectivity index (χ4n) is 3.17. The van der Waals surface area contributed by atoms with Crippen LogP contribution in [0.1, 0.15) is 11.4 Å². The number of nitrogens with zero attached hydrogens (tertiary/aromatic N) is 3. The molecule has 2 aromatic carbocycles. The molecule has 0 saturated carbocycles. The standard InChI is InChI=1S/C13H11F3N2O.C13H7F3N2O.ClH/c2*14-12-7-18-9(6-17)5-11(12)8-1-3-10(4-2-8)19-13(15)16;/h1-5,7,13H,6,17H2;1-5,7,13H;1H. The van der Waals surface area contributed by atoms with Crippen molar-refractivity contribution in [3.63, 3.8) is 0 Å². The van der Waals surface area contributed by atoms with Crippen LogP contribution in [0.15, 0.2) is 73.1 Å². The van der Waals surface area contributed by atoms with E-state index in [1.807, 2.05) is 0 Å². The van der Waals surface area contributed by atoms with E-state index in [2.05, 4.69) is 19.4 Å². The Morgan fingerprint density at radius 2 is 1.18 bits per heavy atom. The Bertz CT molecular complexity index is 1400. The molecule has 204 valence electrons. The molecule has 2 heterocycles. The van der Waals surface area contributed by atoms with E-state index >= 15 is 0 Å². The molecule has 0 aliphatic rings. The van der Waals surface area contributed by atoms with Gasteiger partial charge < -0.3 is 15.2 Å². The third kappa shape index (κ3) is 8.87. The highest BCUT2D eigenvalue weighted by molar-refractivity contribution is 5.85. The number of nitrogens with two attached hydrogens (primary N) is 1. The number of rotatable bonds is 7. The molecule has 0 saturated heterocycles. The van der Waals surface area contributed by atoms with Crippen LogP contribution in [0.4, 0.5) is 26.3 Å². The minimum Gasteiger partial charge on any atom is -0.435 e. The first-order valence-electron chi connectivity index (χ1n) is 10.7. The molecule has 0 aliphatic heterocycles. The van der Waals surface area contributed by atoms with Gasteiger partial charge >= 0.3 is 13.2 Å². The molecule has 0 aliphatic carbocycles. The van der Waals surface area contributed by atoms with Gasteiger partial charge in [-0.15, -0.1) is 12.4 Å². The summed E-state index contributed by atoms with van der Waals surface area (Å²) in [5.74, 6) is -1.10. The number of aromatic nitrogens is 2. The lowest BCUT2D eigenvalue weighted by molar-refractivity contribution is -0.0505. The topological polar surface area (TPSA) is 94.0 Å². The van der Waals surface area contributed by atoms with Crippen LogP contribution >= 0.6 is 12.4 Å². The Morgan fingerprint density at radius 3 is 1.59 bits per heavy atom. The molecule has 0 amide bonds. The third-order valence-electron chi connectivity index (χ3n) is 4.87. The van der Waals surface area contributed by atoms with Gasteiger partial charge in [0.25, 0.3) is 0 Å². The summed E-state index contributed by atoms with van der Waals surface area (Å²) in [6.45, 7) is -5.60. The van der Waals surface area contributed by atoms with Crippen LogP contribution in [-0.4, -0.2) is 23.2 Å². The smallest absolute Gasteiger partial charge is 0.387 e. The second-order valence-corrected chi connectivity index (χ2v) is 7.33. The minimum atomic E-state index is -2.91. The van der Waals surface area contributed by atoms with E-state index in [-0.39, 0.29) is 41.7 Å². The quantitative estimate of drug-likeness (QED) is 0.248. The van der Waals surface area contributed by atoms with Gasteiger partial charge in [-0.25, -0.2) is 13.8 Å².